The van der Waals surface area contributed by atoms with Crippen LogP contribution < -0.4 is 0 Å². The third kappa shape index (κ3) is 3.50. The molecule has 0 aliphatic carbocycles. The van der Waals surface area contributed by atoms with Crippen molar-refractivity contribution in [1.82, 2.24) is 9.88 Å². The minimum Gasteiger partial charge on any atom is -0.396 e. The van der Waals surface area contributed by atoms with Gasteiger partial charge in [-0.15, -0.1) is 11.3 Å². The van der Waals surface area contributed by atoms with E-state index in [9.17, 15) is 0 Å². The van der Waals surface area contributed by atoms with Gasteiger partial charge in [-0.3, -0.25) is 4.90 Å². The molecular formula is C13H22N2OS. The first-order valence-electron chi connectivity index (χ1n) is 6.61. The van der Waals surface area contributed by atoms with Gasteiger partial charge in [-0.25, -0.2) is 4.98 Å². The van der Waals surface area contributed by atoms with Gasteiger partial charge < -0.3 is 5.11 Å². The van der Waals surface area contributed by atoms with Gasteiger partial charge in [0.05, 0.1) is 10.7 Å². The maximum atomic E-state index is 9.10. The molecule has 1 aliphatic heterocycles. The fourth-order valence-corrected chi connectivity index (χ4v) is 3.27. The van der Waals surface area contributed by atoms with E-state index in [0.717, 1.165) is 25.9 Å². The number of aryl methyl sites for hydroxylation is 1. The van der Waals surface area contributed by atoms with Crippen molar-refractivity contribution in [1.29, 1.82) is 0 Å². The maximum absolute atomic E-state index is 9.10. The van der Waals surface area contributed by atoms with E-state index in [1.807, 2.05) is 0 Å². The predicted molar refractivity (Wildman–Crippen MR) is 71.2 cm³/mol. The molecule has 0 amide bonds. The number of hydrogen-bond acceptors (Lipinski definition) is 4. The molecular weight excluding hydrogens is 232 g/mol. The van der Waals surface area contributed by atoms with Crippen LogP contribution in [0, 0.1) is 0 Å². The van der Waals surface area contributed by atoms with Crippen molar-refractivity contribution in [2.45, 2.75) is 51.6 Å². The quantitative estimate of drug-likeness (QED) is 0.877. The first kappa shape index (κ1) is 13.0. The summed E-state index contributed by atoms with van der Waals surface area (Å²) in [4.78, 5) is 7.13. The highest BCUT2D eigenvalue weighted by Crippen LogP contribution is 2.22. The van der Waals surface area contributed by atoms with Crippen molar-refractivity contribution in [3.05, 3.63) is 16.1 Å². The molecule has 1 aromatic heterocycles. The van der Waals surface area contributed by atoms with Crippen molar-refractivity contribution in [2.24, 2.45) is 0 Å². The third-order valence-corrected chi connectivity index (χ3v) is 4.52. The summed E-state index contributed by atoms with van der Waals surface area (Å²) in [5.74, 6) is 0. The molecule has 2 rings (SSSR count). The van der Waals surface area contributed by atoms with Crippen LogP contribution in [0.1, 0.15) is 43.3 Å². The van der Waals surface area contributed by atoms with Crippen molar-refractivity contribution in [3.8, 4) is 0 Å². The highest BCUT2D eigenvalue weighted by atomic mass is 32.1. The topological polar surface area (TPSA) is 36.4 Å². The van der Waals surface area contributed by atoms with Crippen LogP contribution in [0.5, 0.6) is 0 Å². The van der Waals surface area contributed by atoms with E-state index in [0.29, 0.717) is 12.6 Å². The average Bonchev–Trinajstić information content (AvgIpc) is 2.80. The zero-order valence-electron chi connectivity index (χ0n) is 10.6. The van der Waals surface area contributed by atoms with Gasteiger partial charge in [-0.05, 0) is 32.2 Å². The Kier molecular flexibility index (Phi) is 4.95. The Morgan fingerprint density at radius 1 is 1.53 bits per heavy atom. The first-order valence-corrected chi connectivity index (χ1v) is 7.49. The predicted octanol–water partition coefficient (Wildman–Crippen LogP) is 2.44. The molecule has 4 heteroatoms. The second-order valence-electron chi connectivity index (χ2n) is 4.72. The maximum Gasteiger partial charge on any atom is 0.0926 e. The van der Waals surface area contributed by atoms with E-state index in [4.69, 9.17) is 5.11 Å². The molecule has 0 aromatic carbocycles. The van der Waals surface area contributed by atoms with Gasteiger partial charge in [0, 0.05) is 24.6 Å². The van der Waals surface area contributed by atoms with Gasteiger partial charge >= 0.3 is 0 Å². The number of aliphatic hydroxyl groups is 1. The average molecular weight is 254 g/mol. The molecule has 1 aromatic rings. The van der Waals surface area contributed by atoms with Crippen LogP contribution in [-0.2, 0) is 13.0 Å². The van der Waals surface area contributed by atoms with Gasteiger partial charge in [-0.2, -0.15) is 0 Å². The van der Waals surface area contributed by atoms with Crippen LogP contribution in [0.3, 0.4) is 0 Å². The summed E-state index contributed by atoms with van der Waals surface area (Å²) in [5, 5.41) is 12.5. The van der Waals surface area contributed by atoms with Crippen molar-refractivity contribution < 1.29 is 5.11 Å². The summed E-state index contributed by atoms with van der Waals surface area (Å²) >= 11 is 1.77. The Hall–Kier alpha value is -0.450. The normalized spacial score (nSPS) is 21.9. The summed E-state index contributed by atoms with van der Waals surface area (Å²) < 4.78 is 0. The molecule has 0 bridgehead atoms. The van der Waals surface area contributed by atoms with Crippen LogP contribution >= 0.6 is 11.3 Å². The molecule has 17 heavy (non-hydrogen) atoms. The van der Waals surface area contributed by atoms with E-state index in [1.165, 1.54) is 30.0 Å². The van der Waals surface area contributed by atoms with Gasteiger partial charge in [-0.1, -0.05) is 13.3 Å². The number of aliphatic hydroxyl groups excluding tert-OH is 1. The summed E-state index contributed by atoms with van der Waals surface area (Å²) in [7, 11) is 0. The van der Waals surface area contributed by atoms with Crippen LogP contribution in [0.2, 0.25) is 0 Å². The highest BCUT2D eigenvalue weighted by Gasteiger charge is 2.22. The molecule has 1 saturated heterocycles. The van der Waals surface area contributed by atoms with Crippen molar-refractivity contribution in [2.75, 3.05) is 13.2 Å². The highest BCUT2D eigenvalue weighted by molar-refractivity contribution is 7.09. The second-order valence-corrected chi connectivity index (χ2v) is 5.66. The Balaban J connectivity index is 1.95. The molecule has 1 N–H and O–H groups in total. The number of thiazole rings is 1. The van der Waals surface area contributed by atoms with Gasteiger partial charge in [0.1, 0.15) is 0 Å². The number of rotatable bonds is 5. The van der Waals surface area contributed by atoms with Gasteiger partial charge in [0.25, 0.3) is 0 Å². The van der Waals surface area contributed by atoms with Gasteiger partial charge in [0.2, 0.25) is 0 Å². The second kappa shape index (κ2) is 6.47. The summed E-state index contributed by atoms with van der Waals surface area (Å²) in [6.45, 7) is 4.57. The summed E-state index contributed by atoms with van der Waals surface area (Å²) in [5.41, 5.74) is 1.21. The summed E-state index contributed by atoms with van der Waals surface area (Å²) in [6, 6.07) is 0.556. The van der Waals surface area contributed by atoms with E-state index < -0.39 is 0 Å². The molecule has 0 spiro atoms. The van der Waals surface area contributed by atoms with Gasteiger partial charge in [0.15, 0.2) is 0 Å². The molecule has 1 atom stereocenters. The Morgan fingerprint density at radius 3 is 3.12 bits per heavy atom. The number of nitrogens with zero attached hydrogens (tertiary/aromatic N) is 2. The monoisotopic (exact) mass is 254 g/mol. The Bertz CT molecular complexity index is 338. The SMILES string of the molecule is CCc1nc(CN2CCCCC2CCO)cs1. The van der Waals surface area contributed by atoms with Crippen LogP contribution in [0.25, 0.3) is 0 Å². The van der Waals surface area contributed by atoms with Crippen molar-refractivity contribution >= 4 is 11.3 Å². The zero-order chi connectivity index (χ0) is 12.1. The standard InChI is InChI=1S/C13H22N2OS/c1-2-13-14-11(10-17-13)9-15-7-4-3-5-12(15)6-8-16/h10,12,16H,2-9H2,1H3. The molecule has 0 radical (unpaired) electrons. The lowest BCUT2D eigenvalue weighted by Crippen LogP contribution is -2.39. The molecule has 1 fully saturated rings. The van der Waals surface area contributed by atoms with E-state index in [2.05, 4.69) is 22.2 Å². The van der Waals surface area contributed by atoms with E-state index in [-0.39, 0.29) is 0 Å². The molecule has 2 heterocycles. The zero-order valence-corrected chi connectivity index (χ0v) is 11.4. The fourth-order valence-electron chi connectivity index (χ4n) is 2.54. The van der Waals surface area contributed by atoms with E-state index >= 15 is 0 Å². The molecule has 1 aliphatic rings. The Morgan fingerprint density at radius 2 is 2.41 bits per heavy atom. The minimum absolute atomic E-state index is 0.304. The lowest BCUT2D eigenvalue weighted by Gasteiger charge is -2.35. The van der Waals surface area contributed by atoms with Crippen LogP contribution in [-0.4, -0.2) is 34.2 Å². The number of aromatic nitrogens is 1. The van der Waals surface area contributed by atoms with E-state index in [1.54, 1.807) is 11.3 Å². The summed E-state index contributed by atoms with van der Waals surface area (Å²) in [6.07, 6.45) is 5.76. The fraction of sp³-hybridized carbons (Fsp3) is 0.769. The smallest absolute Gasteiger partial charge is 0.0926 e. The lowest BCUT2D eigenvalue weighted by molar-refractivity contribution is 0.111. The molecule has 0 saturated carbocycles. The largest absolute Gasteiger partial charge is 0.396 e. The number of hydrogen-bond donors (Lipinski definition) is 1. The minimum atomic E-state index is 0.304. The lowest BCUT2D eigenvalue weighted by atomic mass is 9.99. The van der Waals surface area contributed by atoms with Crippen molar-refractivity contribution in [3.63, 3.8) is 0 Å². The number of piperidine rings is 1. The first-order chi connectivity index (χ1) is 8.33. The Labute approximate surface area is 107 Å². The molecule has 96 valence electrons. The van der Waals surface area contributed by atoms with Crippen LogP contribution in [0.4, 0.5) is 0 Å². The molecule has 1 unspecified atom stereocenters. The third-order valence-electron chi connectivity index (χ3n) is 3.48. The van der Waals surface area contributed by atoms with Crippen LogP contribution in [0.15, 0.2) is 5.38 Å². The number of likely N-dealkylation sites (tertiary alicyclic amines) is 1. The molecule has 3 nitrogen and oxygen atoms in total.